The number of rotatable bonds is 17. The highest BCUT2D eigenvalue weighted by Gasteiger charge is 2.24. The molecule has 0 bridgehead atoms. The number of esters is 7. The third-order valence-electron chi connectivity index (χ3n) is 19.3. The summed E-state index contributed by atoms with van der Waals surface area (Å²) in [4.78, 5) is 173. The molecule has 0 radical (unpaired) electrons. The van der Waals surface area contributed by atoms with Gasteiger partial charge in [0, 0.05) is 86.4 Å². The van der Waals surface area contributed by atoms with Gasteiger partial charge >= 0.3 is 75.5 Å². The second-order valence-corrected chi connectivity index (χ2v) is 30.2. The lowest BCUT2D eigenvalue weighted by molar-refractivity contribution is -0.143. The van der Waals surface area contributed by atoms with E-state index >= 15 is 0 Å². The first-order chi connectivity index (χ1) is 65.0. The van der Waals surface area contributed by atoms with Crippen molar-refractivity contribution in [2.75, 3.05) is 0 Å². The van der Waals surface area contributed by atoms with Gasteiger partial charge in [-0.25, -0.2) is 67.1 Å². The summed E-state index contributed by atoms with van der Waals surface area (Å²) in [5, 5.41) is 5.30. The van der Waals surface area contributed by atoms with E-state index in [0.29, 0.717) is 88.7 Å². The average molecular weight is 1920 g/mol. The normalized spacial score (nSPS) is 10.5. The van der Waals surface area contributed by atoms with Crippen LogP contribution in [-0.4, -0.2) is 57.5 Å². The van der Waals surface area contributed by atoms with Crippen LogP contribution in [0, 0.1) is 12.7 Å². The maximum Gasteiger partial charge on any atom is 0.352 e. The van der Waals surface area contributed by atoms with Gasteiger partial charge in [-0.2, -0.15) is 0 Å². The van der Waals surface area contributed by atoms with Crippen molar-refractivity contribution in [3.63, 3.8) is 0 Å². The number of Topliss-reactive ketones (excluding diaryl/α,β-unsaturated/α-hetero) is 1. The largest absolute Gasteiger partial charge is 0.461 e. The monoisotopic (exact) mass is 1920 g/mol. The number of hydrogen-bond donors (Lipinski definition) is 0. The van der Waals surface area contributed by atoms with E-state index in [0.717, 1.165) is 44.4 Å². The number of carbonyl (C=O) groups is 8. The van der Waals surface area contributed by atoms with E-state index in [9.17, 15) is 71.5 Å². The molecule has 0 spiro atoms. The van der Waals surface area contributed by atoms with Crippen LogP contribution in [0.4, 0.5) is 4.39 Å². The Labute approximate surface area is 781 Å². The third kappa shape index (κ3) is 25.9. The molecule has 32 heteroatoms. The number of nitrogens with zero attached hydrogens (tertiary/aromatic N) is 2. The molecule has 0 aliphatic heterocycles. The molecule has 0 saturated carbocycles. The van der Waals surface area contributed by atoms with E-state index in [4.69, 9.17) is 71.3 Å². The minimum atomic E-state index is -0.961. The smallest absolute Gasteiger partial charge is 0.352 e. The Morgan fingerprint density at radius 1 is 0.346 bits per heavy atom. The summed E-state index contributed by atoms with van der Waals surface area (Å²) in [6.45, 7) is 8.07. The van der Waals surface area contributed by atoms with Crippen LogP contribution >= 0.6 is 27.5 Å². The van der Waals surface area contributed by atoms with Crippen molar-refractivity contribution >= 4 is 152 Å². The summed E-state index contributed by atoms with van der Waals surface area (Å²) < 4.78 is 80.4. The molecule has 0 fully saturated rings. The zero-order valence-corrected chi connectivity index (χ0v) is 73.9. The number of benzene rings is 10. The third-order valence-corrected chi connectivity index (χ3v) is 20.1. The van der Waals surface area contributed by atoms with Crippen LogP contribution in [0.5, 0.6) is 29.0 Å². The van der Waals surface area contributed by atoms with Gasteiger partial charge < -0.3 is 59.7 Å². The van der Waals surface area contributed by atoms with Crippen molar-refractivity contribution in [2.45, 2.75) is 67.6 Å². The second-order valence-electron chi connectivity index (χ2n) is 29.0. The van der Waals surface area contributed by atoms with E-state index in [1.54, 1.807) is 164 Å². The van der Waals surface area contributed by atoms with Gasteiger partial charge in [0.05, 0.1) is 0 Å². The highest BCUT2D eigenvalue weighted by Crippen LogP contribution is 2.28. The molecular weight excluding hydrogens is 1840 g/mol. The van der Waals surface area contributed by atoms with Gasteiger partial charge in [-0.3, -0.25) is 14.4 Å². The zero-order valence-electron chi connectivity index (χ0n) is 71.6. The van der Waals surface area contributed by atoms with E-state index in [1.165, 1.54) is 87.6 Å². The Kier molecular flexibility index (Phi) is 32.7. The Morgan fingerprint density at radius 2 is 0.735 bits per heavy atom. The number of alkyl halides is 1. The van der Waals surface area contributed by atoms with Crippen molar-refractivity contribution < 1.29 is 102 Å². The first-order valence-electron chi connectivity index (χ1n) is 40.6. The fourth-order valence-electron chi connectivity index (χ4n) is 12.7. The van der Waals surface area contributed by atoms with Crippen LogP contribution < -0.4 is 57.4 Å². The number of halogens is 3. The van der Waals surface area contributed by atoms with Crippen LogP contribution in [0.25, 0.3) is 76.6 Å². The quantitative estimate of drug-likeness (QED) is 0.0268. The lowest BCUT2D eigenvalue weighted by Crippen LogP contribution is -2.19. The van der Waals surface area contributed by atoms with Crippen LogP contribution in [-0.2, 0) is 44.6 Å². The molecule has 0 N–H and O–H groups in total. The Balaban J connectivity index is 0.000000147. The van der Waals surface area contributed by atoms with E-state index in [2.05, 4.69) is 25.9 Å². The molecule has 10 aromatic carbocycles. The summed E-state index contributed by atoms with van der Waals surface area (Å²) in [5.74, 6) is -4.53. The van der Waals surface area contributed by atoms with Crippen LogP contribution in [0.1, 0.15) is 125 Å². The number of aromatic nitrogens is 2. The molecule has 684 valence electrons. The van der Waals surface area contributed by atoms with Crippen LogP contribution in [0.3, 0.4) is 0 Å². The van der Waals surface area contributed by atoms with Crippen molar-refractivity contribution in [1.29, 1.82) is 0 Å². The van der Waals surface area contributed by atoms with Crippen molar-refractivity contribution in [2.24, 2.45) is 0 Å². The molecule has 0 amide bonds. The number of aryl methyl sites for hydroxylation is 2. The van der Waals surface area contributed by atoms with Gasteiger partial charge in [-0.1, -0.05) is 139 Å². The van der Waals surface area contributed by atoms with Gasteiger partial charge in [-0.15, -0.1) is 11.6 Å². The molecule has 136 heavy (non-hydrogen) atoms. The molecule has 0 saturated heterocycles. The van der Waals surface area contributed by atoms with Crippen LogP contribution in [0.2, 0.25) is 0 Å². The molecule has 0 unspecified atom stereocenters. The van der Waals surface area contributed by atoms with Gasteiger partial charge in [-0.05, 0) is 212 Å². The van der Waals surface area contributed by atoms with E-state index in [-0.39, 0.29) is 82.9 Å². The van der Waals surface area contributed by atoms with Gasteiger partial charge in [0.2, 0.25) is 11.8 Å². The summed E-state index contributed by atoms with van der Waals surface area (Å²) in [7, 11) is 0. The number of pyridine rings is 2. The molecule has 18 rings (SSSR count). The minimum Gasteiger partial charge on any atom is -0.461 e. The number of fused-ring (bicyclic) bond motifs is 7. The predicted molar refractivity (Wildman–Crippen MR) is 504 cm³/mol. The fraction of sp³-hybridized carbons (Fsp3) is 0.0962. The van der Waals surface area contributed by atoms with E-state index < -0.39 is 81.4 Å². The highest BCUT2D eigenvalue weighted by molar-refractivity contribution is 9.10. The first kappa shape index (κ1) is 97.7. The average Bonchev–Trinajstić information content (AvgIpc) is 0.754. The second kappa shape index (κ2) is 45.5. The molecule has 0 aliphatic rings. The predicted octanol–water partition coefficient (Wildman–Crippen LogP) is 20.3. The number of hydrogen-bond acceptors (Lipinski definition) is 29. The molecule has 0 atom stereocenters. The molecule has 0 aliphatic carbocycles. The minimum absolute atomic E-state index is 0. The molecule has 29 nitrogen and oxygen atoms in total. The highest BCUT2D eigenvalue weighted by atomic mass is 79.9. The molecular formula is C104H75BrClFN2O27. The summed E-state index contributed by atoms with van der Waals surface area (Å²) >= 11 is 9.06. The number of carbonyl (C=O) groups excluding carboxylic acids is 8. The number of ketones is 1. The number of para-hydroxylation sites is 2. The molecule has 8 heterocycles. The fourth-order valence-corrected chi connectivity index (χ4v) is 13.3. The van der Waals surface area contributed by atoms with Crippen molar-refractivity contribution in [1.82, 2.24) is 9.97 Å². The molecule has 8 aromatic heterocycles. The van der Waals surface area contributed by atoms with Gasteiger partial charge in [0.1, 0.15) is 103 Å². The van der Waals surface area contributed by atoms with Gasteiger partial charge in [0.15, 0.2) is 5.78 Å². The lowest BCUT2D eigenvalue weighted by atomic mass is 10.1. The van der Waals surface area contributed by atoms with Crippen molar-refractivity contribution in [3.8, 4) is 29.0 Å². The summed E-state index contributed by atoms with van der Waals surface area (Å²) in [6, 6.07) is 76.0. The zero-order chi connectivity index (χ0) is 95.9. The summed E-state index contributed by atoms with van der Waals surface area (Å²) in [5.41, 5.74) is 1.41. The standard InChI is InChI=1S/C19H13BrO6.C19H13FO6.C19H11NO4.C18H14O4.C16H10ClNO4.C12H10O3.CH4/c2*1-11(21)24-10-12-5-6-17-13(7-12)8-16(19(23)26-17)18(22)25-15-4-2-3-14(20)9-15;21-18-15(11-13-6-2-4-8-16(13)23-18)19(22)24-17-14-7-3-1-5-12(14)9-10-20-17;1-2-12-8-9-16-13(10-12)11-15(18(20)22-16)17(19)21-14-6-4-3-5-7-14;17-9-10-4-5-13-11(7-10)8-12(15(19)21-13)16(20)22-14-3-1-2-6-18-14;1-7-3-4-11-9(5-7)6-10(8(2)13)12(14)15-11;/h2*2-9H,10H2,1H3;1-11H;3-11H,2H2,1H3;1-8H,9H2;3-6H,1-2H3;1H4. The number of ether oxygens (including phenoxy) is 7. The Bertz CT molecular complexity index is 7680. The SMILES string of the molecule is C.CC(=O)OCc1ccc2oc(=O)c(C(=O)Oc3cccc(Br)c3)cc2c1.CC(=O)OCc1ccc2oc(=O)c(C(=O)Oc3cccc(F)c3)cc2c1.CC(=O)c1cc2cc(C)ccc2oc1=O.CCc1ccc2oc(=O)c(C(=O)Oc3ccccc3)cc2c1.O=C(Oc1ccccn1)c1cc2cc(CCl)ccc2oc1=O.O=C(Oc1nccc2ccccc12)c1cc2ccccc2oc1=O. The maximum absolute atomic E-state index is 13.2. The van der Waals surface area contributed by atoms with Crippen LogP contribution in [0.15, 0.2) is 351 Å². The first-order valence-corrected chi connectivity index (χ1v) is 41.9. The van der Waals surface area contributed by atoms with Crippen molar-refractivity contribution in [3.05, 3.63) is 425 Å². The Morgan fingerprint density at radius 3 is 1.22 bits per heavy atom. The lowest BCUT2D eigenvalue weighted by Gasteiger charge is -2.06. The van der Waals surface area contributed by atoms with Gasteiger partial charge in [0.25, 0.3) is 0 Å². The Hall–Kier alpha value is -17.3. The maximum atomic E-state index is 13.2. The molecule has 18 aromatic rings. The topological polar surface area (TPSA) is 408 Å². The summed E-state index contributed by atoms with van der Waals surface area (Å²) in [6.07, 6.45) is 3.89. The van der Waals surface area contributed by atoms with E-state index in [1.807, 2.05) is 68.4 Å².